The fourth-order valence-electron chi connectivity index (χ4n) is 2.81. The van der Waals surface area contributed by atoms with Gasteiger partial charge in [-0.25, -0.2) is 9.18 Å². The molecule has 1 amide bonds. The molecule has 144 valence electrons. The Bertz CT molecular complexity index is 1080. The molecule has 0 radical (unpaired) electrons. The van der Waals surface area contributed by atoms with Gasteiger partial charge in [0.2, 0.25) is 12.7 Å². The molecule has 0 bridgehead atoms. The number of nitrogens with one attached hydrogen (secondary N) is 1. The minimum absolute atomic E-state index is 0.173. The van der Waals surface area contributed by atoms with Crippen molar-refractivity contribution in [2.75, 3.05) is 6.79 Å². The molecule has 1 aromatic heterocycles. The van der Waals surface area contributed by atoms with Crippen LogP contribution in [0.5, 0.6) is 11.5 Å². The standard InChI is InChI=1S/C18H16FN5O4/c1-11(12-2-7-15-16(8-12)28-10-27-15)20-17(25)9-23-18(26)24(22-21-23)14-5-3-13(19)4-6-14/h2-8,11H,9-10H2,1H3,(H,20,25)/t11-/m0/s1. The molecule has 28 heavy (non-hydrogen) atoms. The minimum atomic E-state index is -0.600. The molecular formula is C18H16FN5O4. The maximum atomic E-state index is 13.0. The van der Waals surface area contributed by atoms with E-state index in [0.717, 1.165) is 14.9 Å². The van der Waals surface area contributed by atoms with Crippen molar-refractivity contribution in [1.29, 1.82) is 0 Å². The summed E-state index contributed by atoms with van der Waals surface area (Å²) in [6.45, 7) is 1.69. The molecule has 1 aliphatic heterocycles. The van der Waals surface area contributed by atoms with Crippen LogP contribution in [0.15, 0.2) is 47.3 Å². The number of halogens is 1. The number of ether oxygens (including phenoxy) is 2. The summed E-state index contributed by atoms with van der Waals surface area (Å²) >= 11 is 0. The van der Waals surface area contributed by atoms with Crippen LogP contribution in [0.25, 0.3) is 5.69 Å². The van der Waals surface area contributed by atoms with Gasteiger partial charge in [0, 0.05) is 0 Å². The second kappa shape index (κ2) is 7.14. The summed E-state index contributed by atoms with van der Waals surface area (Å²) in [5.41, 5.74) is 0.587. The second-order valence-electron chi connectivity index (χ2n) is 6.21. The second-order valence-corrected chi connectivity index (χ2v) is 6.21. The SMILES string of the molecule is C[C@H](NC(=O)Cn1nnn(-c2ccc(F)cc2)c1=O)c1ccc2c(c1)OCO2. The van der Waals surface area contributed by atoms with Crippen molar-refractivity contribution in [3.63, 3.8) is 0 Å². The highest BCUT2D eigenvalue weighted by molar-refractivity contribution is 5.76. The Morgan fingerprint density at radius 1 is 1.18 bits per heavy atom. The van der Waals surface area contributed by atoms with E-state index in [9.17, 15) is 14.0 Å². The van der Waals surface area contributed by atoms with Crippen LogP contribution in [0.3, 0.4) is 0 Å². The van der Waals surface area contributed by atoms with E-state index in [1.807, 2.05) is 13.0 Å². The first-order valence-electron chi connectivity index (χ1n) is 8.49. The summed E-state index contributed by atoms with van der Waals surface area (Å²) in [7, 11) is 0. The molecule has 0 saturated carbocycles. The number of amides is 1. The number of fused-ring (bicyclic) bond motifs is 1. The minimum Gasteiger partial charge on any atom is -0.454 e. The van der Waals surface area contributed by atoms with Gasteiger partial charge in [0.05, 0.1) is 11.7 Å². The average Bonchev–Trinajstić information content (AvgIpc) is 3.29. The summed E-state index contributed by atoms with van der Waals surface area (Å²) in [5, 5.41) is 10.2. The summed E-state index contributed by atoms with van der Waals surface area (Å²) in [6.07, 6.45) is 0. The lowest BCUT2D eigenvalue weighted by Crippen LogP contribution is -2.34. The van der Waals surface area contributed by atoms with Crippen molar-refractivity contribution in [1.82, 2.24) is 25.1 Å². The maximum absolute atomic E-state index is 13.0. The third-order valence-electron chi connectivity index (χ3n) is 4.28. The van der Waals surface area contributed by atoms with Crippen molar-refractivity contribution in [2.24, 2.45) is 0 Å². The zero-order chi connectivity index (χ0) is 19.7. The average molecular weight is 385 g/mol. The fraction of sp³-hybridized carbons (Fsp3) is 0.222. The highest BCUT2D eigenvalue weighted by atomic mass is 19.1. The van der Waals surface area contributed by atoms with Gasteiger partial charge in [0.25, 0.3) is 0 Å². The number of tetrazole rings is 1. The van der Waals surface area contributed by atoms with Crippen LogP contribution in [0.4, 0.5) is 4.39 Å². The predicted octanol–water partition coefficient (Wildman–Crippen LogP) is 1.17. The van der Waals surface area contributed by atoms with Gasteiger partial charge in [0.1, 0.15) is 12.4 Å². The largest absolute Gasteiger partial charge is 0.454 e. The van der Waals surface area contributed by atoms with Crippen LogP contribution in [0, 0.1) is 5.82 Å². The number of carbonyl (C=O) groups excluding carboxylic acids is 1. The quantitative estimate of drug-likeness (QED) is 0.708. The van der Waals surface area contributed by atoms with Crippen molar-refractivity contribution in [3.8, 4) is 17.2 Å². The molecular weight excluding hydrogens is 369 g/mol. The lowest BCUT2D eigenvalue weighted by atomic mass is 10.1. The Hall–Kier alpha value is -3.69. The molecule has 0 spiro atoms. The lowest BCUT2D eigenvalue weighted by molar-refractivity contribution is -0.122. The molecule has 10 heteroatoms. The monoisotopic (exact) mass is 385 g/mol. The molecule has 4 rings (SSSR count). The number of aromatic nitrogens is 4. The maximum Gasteiger partial charge on any atom is 0.368 e. The van der Waals surface area contributed by atoms with Crippen molar-refractivity contribution in [2.45, 2.75) is 19.5 Å². The lowest BCUT2D eigenvalue weighted by Gasteiger charge is -2.14. The van der Waals surface area contributed by atoms with E-state index in [1.54, 1.807) is 12.1 Å². The summed E-state index contributed by atoms with van der Waals surface area (Å²) in [4.78, 5) is 24.7. The number of benzene rings is 2. The van der Waals surface area contributed by atoms with Crippen molar-refractivity contribution < 1.29 is 18.7 Å². The number of rotatable bonds is 5. The zero-order valence-corrected chi connectivity index (χ0v) is 14.8. The number of carbonyl (C=O) groups is 1. The third kappa shape index (κ3) is 3.43. The Kier molecular flexibility index (Phi) is 4.52. The Balaban J connectivity index is 1.44. The first-order chi connectivity index (χ1) is 13.5. The van der Waals surface area contributed by atoms with Gasteiger partial charge in [0.15, 0.2) is 11.5 Å². The summed E-state index contributed by atoms with van der Waals surface area (Å²) in [5.74, 6) is 0.447. The zero-order valence-electron chi connectivity index (χ0n) is 14.8. The Labute approximate surface area is 158 Å². The van der Waals surface area contributed by atoms with Crippen molar-refractivity contribution in [3.05, 3.63) is 64.3 Å². The molecule has 0 aliphatic carbocycles. The van der Waals surface area contributed by atoms with Gasteiger partial charge in [-0.1, -0.05) is 6.07 Å². The first kappa shape index (κ1) is 17.7. The van der Waals surface area contributed by atoms with E-state index in [1.165, 1.54) is 24.3 Å². The Morgan fingerprint density at radius 2 is 1.93 bits per heavy atom. The van der Waals surface area contributed by atoms with Gasteiger partial charge in [-0.3, -0.25) is 4.79 Å². The molecule has 0 unspecified atom stereocenters. The number of nitrogens with zero attached hydrogens (tertiary/aromatic N) is 4. The molecule has 2 aromatic carbocycles. The molecule has 1 aliphatic rings. The van der Waals surface area contributed by atoms with E-state index in [-0.39, 0.29) is 19.4 Å². The first-order valence-corrected chi connectivity index (χ1v) is 8.49. The van der Waals surface area contributed by atoms with Gasteiger partial charge in [-0.15, -0.1) is 0 Å². The molecule has 1 N–H and O–H groups in total. The highest BCUT2D eigenvalue weighted by Gasteiger charge is 2.18. The van der Waals surface area contributed by atoms with Crippen LogP contribution in [-0.2, 0) is 11.3 Å². The molecule has 2 heterocycles. The third-order valence-corrected chi connectivity index (χ3v) is 4.28. The fourth-order valence-corrected chi connectivity index (χ4v) is 2.81. The van der Waals surface area contributed by atoms with Gasteiger partial charge in [-0.2, -0.15) is 9.36 Å². The summed E-state index contributed by atoms with van der Waals surface area (Å²) in [6, 6.07) is 10.3. The smallest absolute Gasteiger partial charge is 0.368 e. The highest BCUT2D eigenvalue weighted by Crippen LogP contribution is 2.34. The van der Waals surface area contributed by atoms with Crippen LogP contribution in [0.2, 0.25) is 0 Å². The number of hydrogen-bond donors (Lipinski definition) is 1. The van der Waals surface area contributed by atoms with Crippen LogP contribution in [-0.4, -0.2) is 32.5 Å². The van der Waals surface area contributed by atoms with Crippen LogP contribution >= 0.6 is 0 Å². The van der Waals surface area contributed by atoms with E-state index in [2.05, 4.69) is 15.7 Å². The van der Waals surface area contributed by atoms with E-state index < -0.39 is 17.4 Å². The molecule has 9 nitrogen and oxygen atoms in total. The van der Waals surface area contributed by atoms with Crippen molar-refractivity contribution >= 4 is 5.91 Å². The predicted molar refractivity (Wildman–Crippen MR) is 94.7 cm³/mol. The van der Waals surface area contributed by atoms with E-state index >= 15 is 0 Å². The molecule has 0 saturated heterocycles. The molecule has 3 aromatic rings. The molecule has 0 fully saturated rings. The van der Waals surface area contributed by atoms with Crippen LogP contribution in [0.1, 0.15) is 18.5 Å². The normalized spacial score (nSPS) is 13.4. The van der Waals surface area contributed by atoms with Gasteiger partial charge in [-0.05, 0) is 59.3 Å². The van der Waals surface area contributed by atoms with Crippen LogP contribution < -0.4 is 20.5 Å². The molecule has 1 atom stereocenters. The van der Waals surface area contributed by atoms with E-state index in [0.29, 0.717) is 17.2 Å². The number of hydrogen-bond acceptors (Lipinski definition) is 6. The van der Waals surface area contributed by atoms with Gasteiger partial charge < -0.3 is 14.8 Å². The Morgan fingerprint density at radius 3 is 2.71 bits per heavy atom. The summed E-state index contributed by atoms with van der Waals surface area (Å²) < 4.78 is 25.5. The topological polar surface area (TPSA) is 100 Å². The van der Waals surface area contributed by atoms with E-state index in [4.69, 9.17) is 9.47 Å². The van der Waals surface area contributed by atoms with Gasteiger partial charge >= 0.3 is 5.69 Å².